The summed E-state index contributed by atoms with van der Waals surface area (Å²) in [6.07, 6.45) is 3.87. The Balaban J connectivity index is 1.45. The Kier molecular flexibility index (Phi) is 5.65. The topological polar surface area (TPSA) is 67.2 Å². The molecule has 0 N–H and O–H groups in total. The van der Waals surface area contributed by atoms with Crippen LogP contribution in [0.3, 0.4) is 0 Å². The summed E-state index contributed by atoms with van der Waals surface area (Å²) in [4.78, 5) is 29.6. The highest BCUT2D eigenvalue weighted by Gasteiger charge is 2.25. The molecule has 1 saturated heterocycles. The summed E-state index contributed by atoms with van der Waals surface area (Å²) in [5.41, 5.74) is 1.15. The van der Waals surface area contributed by atoms with Crippen LogP contribution in [0.25, 0.3) is 10.9 Å². The van der Waals surface area contributed by atoms with E-state index in [2.05, 4.69) is 14.9 Å². The summed E-state index contributed by atoms with van der Waals surface area (Å²) in [7, 11) is 3.66. The second kappa shape index (κ2) is 8.38. The van der Waals surface area contributed by atoms with E-state index < -0.39 is 0 Å². The second-order valence-corrected chi connectivity index (χ2v) is 7.92. The molecular weight excluding hydrogens is 383 g/mol. The van der Waals surface area contributed by atoms with Crippen molar-refractivity contribution in [2.24, 2.45) is 13.0 Å². The van der Waals surface area contributed by atoms with E-state index in [1.165, 1.54) is 6.33 Å². The van der Waals surface area contributed by atoms with Crippen LogP contribution >= 0.6 is 0 Å². The molecule has 0 amide bonds. The van der Waals surface area contributed by atoms with E-state index in [9.17, 15) is 9.18 Å². The van der Waals surface area contributed by atoms with Crippen molar-refractivity contribution in [2.45, 2.75) is 26.2 Å². The Morgan fingerprint density at radius 1 is 1.20 bits per heavy atom. The number of rotatable bonds is 5. The van der Waals surface area contributed by atoms with Crippen LogP contribution in [0, 0.1) is 11.7 Å². The zero-order chi connectivity index (χ0) is 21.3. The molecule has 30 heavy (non-hydrogen) atoms. The molecule has 8 heteroatoms. The molecule has 1 aromatic carbocycles. The monoisotopic (exact) mass is 410 g/mol. The van der Waals surface area contributed by atoms with Gasteiger partial charge >= 0.3 is 0 Å². The number of aromatic nitrogens is 4. The second-order valence-electron chi connectivity index (χ2n) is 7.92. The van der Waals surface area contributed by atoms with Crippen LogP contribution in [0.5, 0.6) is 0 Å². The molecule has 0 unspecified atom stereocenters. The molecule has 0 saturated carbocycles. The molecule has 0 bridgehead atoms. The predicted molar refractivity (Wildman–Crippen MR) is 117 cm³/mol. The molecule has 0 atom stereocenters. The normalized spacial score (nSPS) is 15.0. The molecule has 158 valence electrons. The van der Waals surface area contributed by atoms with E-state index in [-0.39, 0.29) is 11.4 Å². The van der Waals surface area contributed by atoms with Crippen molar-refractivity contribution >= 4 is 22.7 Å². The smallest absolute Gasteiger partial charge is 0.262 e. The summed E-state index contributed by atoms with van der Waals surface area (Å²) >= 11 is 0. The van der Waals surface area contributed by atoms with Gasteiger partial charge in [0.05, 0.1) is 16.6 Å². The van der Waals surface area contributed by atoms with Gasteiger partial charge in [-0.1, -0.05) is 19.1 Å². The van der Waals surface area contributed by atoms with Gasteiger partial charge in [-0.15, -0.1) is 0 Å². The van der Waals surface area contributed by atoms with Gasteiger partial charge in [0.2, 0.25) is 5.95 Å². The number of aryl methyl sites for hydroxylation is 1. The third-order valence-corrected chi connectivity index (χ3v) is 5.93. The predicted octanol–water partition coefficient (Wildman–Crippen LogP) is 2.78. The van der Waals surface area contributed by atoms with Gasteiger partial charge < -0.3 is 9.80 Å². The highest BCUT2D eigenvalue weighted by atomic mass is 19.1. The molecule has 0 radical (unpaired) electrons. The maximum Gasteiger partial charge on any atom is 0.262 e. The van der Waals surface area contributed by atoms with E-state index in [4.69, 9.17) is 4.98 Å². The summed E-state index contributed by atoms with van der Waals surface area (Å²) in [5, 5.41) is 0.638. The molecule has 0 spiro atoms. The summed E-state index contributed by atoms with van der Waals surface area (Å²) < 4.78 is 16.2. The average molecular weight is 410 g/mol. The van der Waals surface area contributed by atoms with Crippen molar-refractivity contribution < 1.29 is 4.39 Å². The number of piperidine rings is 1. The zero-order valence-corrected chi connectivity index (χ0v) is 17.7. The number of fused-ring (bicyclic) bond motifs is 1. The Morgan fingerprint density at radius 2 is 1.93 bits per heavy atom. The Morgan fingerprint density at radius 3 is 2.67 bits per heavy atom. The summed E-state index contributed by atoms with van der Waals surface area (Å²) in [6, 6.07) is 7.45. The standard InChI is InChI=1S/C22H27FN6O/c1-4-17-19(23)20(25-14-24-17)27(2)13-15-9-11-29(12-10-15)22-26-18-8-6-5-7-16(18)21(30)28(22)3/h5-8,14-15H,4,9-13H2,1-3H3. The fraction of sp³-hybridized carbons (Fsp3) is 0.455. The van der Waals surface area contributed by atoms with Crippen molar-refractivity contribution in [2.75, 3.05) is 36.5 Å². The molecule has 2 aromatic heterocycles. The first-order valence-electron chi connectivity index (χ1n) is 10.4. The van der Waals surface area contributed by atoms with E-state index in [1.54, 1.807) is 11.6 Å². The summed E-state index contributed by atoms with van der Waals surface area (Å²) in [5.74, 6) is 1.17. The highest BCUT2D eigenvalue weighted by molar-refractivity contribution is 5.78. The van der Waals surface area contributed by atoms with Gasteiger partial charge in [0.15, 0.2) is 11.6 Å². The van der Waals surface area contributed by atoms with E-state index in [1.807, 2.05) is 43.1 Å². The van der Waals surface area contributed by atoms with Crippen molar-refractivity contribution in [3.8, 4) is 0 Å². The van der Waals surface area contributed by atoms with E-state index in [0.29, 0.717) is 35.2 Å². The van der Waals surface area contributed by atoms with Crippen LogP contribution in [0.4, 0.5) is 16.2 Å². The number of para-hydroxylation sites is 1. The summed E-state index contributed by atoms with van der Waals surface area (Å²) in [6.45, 7) is 4.24. The number of benzene rings is 1. The molecule has 3 aromatic rings. The maximum absolute atomic E-state index is 14.6. The lowest BCUT2D eigenvalue weighted by atomic mass is 9.96. The molecule has 1 fully saturated rings. The first-order chi connectivity index (χ1) is 14.5. The van der Waals surface area contributed by atoms with Crippen LogP contribution < -0.4 is 15.4 Å². The van der Waals surface area contributed by atoms with Crippen molar-refractivity contribution in [3.05, 3.63) is 52.5 Å². The number of hydrogen-bond acceptors (Lipinski definition) is 6. The van der Waals surface area contributed by atoms with E-state index >= 15 is 0 Å². The van der Waals surface area contributed by atoms with Crippen LogP contribution in [0.2, 0.25) is 0 Å². The Bertz CT molecular complexity index is 1110. The van der Waals surface area contributed by atoms with Crippen molar-refractivity contribution in [1.82, 2.24) is 19.5 Å². The van der Waals surface area contributed by atoms with Crippen LogP contribution in [0.1, 0.15) is 25.5 Å². The molecule has 7 nitrogen and oxygen atoms in total. The van der Waals surface area contributed by atoms with Crippen LogP contribution in [-0.2, 0) is 13.5 Å². The third kappa shape index (κ3) is 3.74. The minimum Gasteiger partial charge on any atom is -0.357 e. The first-order valence-corrected chi connectivity index (χ1v) is 10.4. The number of hydrogen-bond donors (Lipinski definition) is 0. The largest absolute Gasteiger partial charge is 0.357 e. The van der Waals surface area contributed by atoms with E-state index in [0.717, 1.165) is 38.0 Å². The third-order valence-electron chi connectivity index (χ3n) is 5.93. The highest BCUT2D eigenvalue weighted by Crippen LogP contribution is 2.25. The Labute approximate surface area is 175 Å². The quantitative estimate of drug-likeness (QED) is 0.644. The first kappa shape index (κ1) is 20.3. The van der Waals surface area contributed by atoms with Gasteiger partial charge in [-0.05, 0) is 37.3 Å². The SMILES string of the molecule is CCc1ncnc(N(C)CC2CCN(c3nc4ccccc4c(=O)n3C)CC2)c1F. The lowest BCUT2D eigenvalue weighted by Crippen LogP contribution is -2.41. The minimum absolute atomic E-state index is 0.0246. The van der Waals surface area contributed by atoms with Crippen molar-refractivity contribution in [3.63, 3.8) is 0 Å². The fourth-order valence-corrected chi connectivity index (χ4v) is 4.19. The number of nitrogens with zero attached hydrogens (tertiary/aromatic N) is 6. The van der Waals surface area contributed by atoms with Gasteiger partial charge in [0, 0.05) is 33.7 Å². The minimum atomic E-state index is -0.324. The number of anilines is 2. The zero-order valence-electron chi connectivity index (χ0n) is 17.7. The number of halogens is 1. The molecule has 1 aliphatic rings. The lowest BCUT2D eigenvalue weighted by molar-refractivity contribution is 0.401. The molecule has 4 rings (SSSR count). The van der Waals surface area contributed by atoms with Crippen LogP contribution in [-0.4, -0.2) is 46.2 Å². The van der Waals surface area contributed by atoms with Gasteiger partial charge in [0.1, 0.15) is 6.33 Å². The van der Waals surface area contributed by atoms with Gasteiger partial charge in [-0.25, -0.2) is 19.3 Å². The maximum atomic E-state index is 14.6. The average Bonchev–Trinajstić information content (AvgIpc) is 2.77. The fourth-order valence-electron chi connectivity index (χ4n) is 4.19. The lowest BCUT2D eigenvalue weighted by Gasteiger charge is -2.35. The molecule has 3 heterocycles. The van der Waals surface area contributed by atoms with Crippen molar-refractivity contribution in [1.29, 1.82) is 0 Å². The molecule has 1 aliphatic heterocycles. The van der Waals surface area contributed by atoms with Gasteiger partial charge in [-0.2, -0.15) is 0 Å². The van der Waals surface area contributed by atoms with Gasteiger partial charge in [0.25, 0.3) is 5.56 Å². The molecular formula is C22H27FN6O. The Hall–Kier alpha value is -3.03. The molecule has 0 aliphatic carbocycles. The van der Waals surface area contributed by atoms with Crippen LogP contribution in [0.15, 0.2) is 35.4 Å². The van der Waals surface area contributed by atoms with Gasteiger partial charge in [-0.3, -0.25) is 9.36 Å².